The largest absolute Gasteiger partial charge is 0.311 e. The first-order valence-corrected chi connectivity index (χ1v) is 5.68. The second-order valence-corrected chi connectivity index (χ2v) is 4.59. The summed E-state index contributed by atoms with van der Waals surface area (Å²) in [7, 11) is 0. The Morgan fingerprint density at radius 3 is 2.77 bits per heavy atom. The van der Waals surface area contributed by atoms with Crippen molar-refractivity contribution in [2.24, 2.45) is 0 Å². The second kappa shape index (κ2) is 3.78. The molecule has 1 saturated heterocycles. The van der Waals surface area contributed by atoms with Crippen molar-refractivity contribution in [2.75, 3.05) is 13.1 Å². The van der Waals surface area contributed by atoms with Crippen LogP contribution in [0.15, 0.2) is 11.4 Å². The fourth-order valence-corrected chi connectivity index (χ4v) is 2.95. The molecule has 72 valence electrons. The lowest BCUT2D eigenvalue weighted by Gasteiger charge is -2.31. The average molecular weight is 196 g/mol. The summed E-state index contributed by atoms with van der Waals surface area (Å²) in [4.78, 5) is 1.49. The Kier molecular flexibility index (Phi) is 2.67. The SMILES string of the molecule is Cc1ccsc1C1NCCNC1C. The van der Waals surface area contributed by atoms with Crippen molar-refractivity contribution in [1.29, 1.82) is 0 Å². The molecule has 2 unspecified atom stereocenters. The molecular weight excluding hydrogens is 180 g/mol. The summed E-state index contributed by atoms with van der Waals surface area (Å²) in [6.07, 6.45) is 0. The van der Waals surface area contributed by atoms with E-state index in [1.807, 2.05) is 11.3 Å². The van der Waals surface area contributed by atoms with Crippen LogP contribution in [0.1, 0.15) is 23.4 Å². The summed E-state index contributed by atoms with van der Waals surface area (Å²) >= 11 is 1.86. The third kappa shape index (κ3) is 1.77. The van der Waals surface area contributed by atoms with E-state index in [2.05, 4.69) is 35.9 Å². The fraction of sp³-hybridized carbons (Fsp3) is 0.600. The van der Waals surface area contributed by atoms with E-state index >= 15 is 0 Å². The van der Waals surface area contributed by atoms with Gasteiger partial charge in [-0.05, 0) is 30.9 Å². The molecule has 0 bridgehead atoms. The van der Waals surface area contributed by atoms with Gasteiger partial charge >= 0.3 is 0 Å². The zero-order chi connectivity index (χ0) is 9.26. The van der Waals surface area contributed by atoms with E-state index in [0.29, 0.717) is 12.1 Å². The third-order valence-corrected chi connectivity index (χ3v) is 3.74. The minimum atomic E-state index is 0.508. The summed E-state index contributed by atoms with van der Waals surface area (Å²) in [5.74, 6) is 0. The van der Waals surface area contributed by atoms with Crippen molar-refractivity contribution in [1.82, 2.24) is 10.6 Å². The van der Waals surface area contributed by atoms with Gasteiger partial charge in [0.15, 0.2) is 0 Å². The van der Waals surface area contributed by atoms with Crippen LogP contribution in [0.2, 0.25) is 0 Å². The van der Waals surface area contributed by atoms with E-state index in [9.17, 15) is 0 Å². The van der Waals surface area contributed by atoms with Crippen molar-refractivity contribution >= 4 is 11.3 Å². The number of nitrogens with one attached hydrogen (secondary N) is 2. The van der Waals surface area contributed by atoms with Gasteiger partial charge in [-0.15, -0.1) is 11.3 Å². The second-order valence-electron chi connectivity index (χ2n) is 3.64. The zero-order valence-corrected chi connectivity index (χ0v) is 8.95. The molecule has 2 nitrogen and oxygen atoms in total. The van der Waals surface area contributed by atoms with Gasteiger partial charge < -0.3 is 10.6 Å². The maximum atomic E-state index is 3.56. The summed E-state index contributed by atoms with van der Waals surface area (Å²) < 4.78 is 0. The van der Waals surface area contributed by atoms with E-state index in [1.165, 1.54) is 10.4 Å². The Hall–Kier alpha value is -0.380. The highest BCUT2D eigenvalue weighted by molar-refractivity contribution is 7.10. The Balaban J connectivity index is 2.19. The maximum absolute atomic E-state index is 3.56. The van der Waals surface area contributed by atoms with E-state index in [-0.39, 0.29) is 0 Å². The lowest BCUT2D eigenvalue weighted by atomic mass is 10.0. The lowest BCUT2D eigenvalue weighted by Crippen LogP contribution is -2.48. The van der Waals surface area contributed by atoms with Crippen molar-refractivity contribution in [3.63, 3.8) is 0 Å². The van der Waals surface area contributed by atoms with Gasteiger partial charge in [0.25, 0.3) is 0 Å². The molecule has 13 heavy (non-hydrogen) atoms. The Morgan fingerprint density at radius 1 is 1.38 bits per heavy atom. The van der Waals surface area contributed by atoms with Gasteiger partial charge in [-0.2, -0.15) is 0 Å². The first-order valence-electron chi connectivity index (χ1n) is 4.80. The Labute approximate surface area is 83.4 Å². The van der Waals surface area contributed by atoms with Crippen LogP contribution in [0, 0.1) is 6.92 Å². The number of thiophene rings is 1. The Morgan fingerprint density at radius 2 is 2.15 bits per heavy atom. The molecule has 0 radical (unpaired) electrons. The van der Waals surface area contributed by atoms with Gasteiger partial charge in [-0.25, -0.2) is 0 Å². The average Bonchev–Trinajstić information content (AvgIpc) is 2.52. The number of aryl methyl sites for hydroxylation is 1. The van der Waals surface area contributed by atoms with Crippen LogP contribution in [0.5, 0.6) is 0 Å². The van der Waals surface area contributed by atoms with Gasteiger partial charge in [0, 0.05) is 24.0 Å². The number of hydrogen-bond acceptors (Lipinski definition) is 3. The topological polar surface area (TPSA) is 24.1 Å². The van der Waals surface area contributed by atoms with Crippen molar-refractivity contribution in [3.8, 4) is 0 Å². The van der Waals surface area contributed by atoms with Crippen molar-refractivity contribution in [3.05, 3.63) is 21.9 Å². The third-order valence-electron chi connectivity index (χ3n) is 2.64. The standard InChI is InChI=1S/C10H16N2S/c1-7-3-6-13-10(7)9-8(2)11-4-5-12-9/h3,6,8-9,11-12H,4-5H2,1-2H3. The fourth-order valence-electron chi connectivity index (χ4n) is 1.84. The number of hydrogen-bond donors (Lipinski definition) is 2. The first-order chi connectivity index (χ1) is 6.29. The summed E-state index contributed by atoms with van der Waals surface area (Å²) in [5, 5.41) is 9.23. The van der Waals surface area contributed by atoms with E-state index in [0.717, 1.165) is 13.1 Å². The van der Waals surface area contributed by atoms with Gasteiger partial charge in [-0.3, -0.25) is 0 Å². The molecule has 0 saturated carbocycles. The molecule has 1 aliphatic heterocycles. The lowest BCUT2D eigenvalue weighted by molar-refractivity contribution is 0.349. The molecule has 3 heteroatoms. The molecule has 1 aromatic heterocycles. The van der Waals surface area contributed by atoms with Crippen LogP contribution in [0.25, 0.3) is 0 Å². The van der Waals surface area contributed by atoms with E-state index in [1.54, 1.807) is 0 Å². The molecule has 2 rings (SSSR count). The van der Waals surface area contributed by atoms with E-state index in [4.69, 9.17) is 0 Å². The highest BCUT2D eigenvalue weighted by atomic mass is 32.1. The molecule has 0 spiro atoms. The predicted molar refractivity (Wildman–Crippen MR) is 57.3 cm³/mol. The van der Waals surface area contributed by atoms with Crippen LogP contribution >= 0.6 is 11.3 Å². The molecule has 2 atom stereocenters. The van der Waals surface area contributed by atoms with Crippen molar-refractivity contribution < 1.29 is 0 Å². The van der Waals surface area contributed by atoms with Gasteiger partial charge in [0.05, 0.1) is 6.04 Å². The van der Waals surface area contributed by atoms with Crippen LogP contribution in [-0.2, 0) is 0 Å². The number of rotatable bonds is 1. The molecular formula is C10H16N2S. The maximum Gasteiger partial charge on any atom is 0.0571 e. The molecule has 1 aliphatic rings. The summed E-state index contributed by atoms with van der Waals surface area (Å²) in [6, 6.07) is 3.25. The van der Waals surface area contributed by atoms with Crippen LogP contribution in [0.4, 0.5) is 0 Å². The zero-order valence-electron chi connectivity index (χ0n) is 8.13. The van der Waals surface area contributed by atoms with Gasteiger partial charge in [-0.1, -0.05) is 0 Å². The highest BCUT2D eigenvalue weighted by Crippen LogP contribution is 2.27. The van der Waals surface area contributed by atoms with Gasteiger partial charge in [0.1, 0.15) is 0 Å². The molecule has 2 heterocycles. The molecule has 0 amide bonds. The van der Waals surface area contributed by atoms with Crippen LogP contribution in [0.3, 0.4) is 0 Å². The minimum Gasteiger partial charge on any atom is -0.311 e. The van der Waals surface area contributed by atoms with Crippen molar-refractivity contribution in [2.45, 2.75) is 25.9 Å². The molecule has 1 fully saturated rings. The number of piperazine rings is 1. The van der Waals surface area contributed by atoms with Crippen LogP contribution in [-0.4, -0.2) is 19.1 Å². The molecule has 0 aliphatic carbocycles. The summed E-state index contributed by atoms with van der Waals surface area (Å²) in [6.45, 7) is 6.60. The smallest absolute Gasteiger partial charge is 0.0571 e. The quantitative estimate of drug-likeness (QED) is 0.714. The van der Waals surface area contributed by atoms with E-state index < -0.39 is 0 Å². The molecule has 2 N–H and O–H groups in total. The summed E-state index contributed by atoms with van der Waals surface area (Å²) in [5.41, 5.74) is 1.41. The normalized spacial score (nSPS) is 29.1. The predicted octanol–water partition coefficient (Wildman–Crippen LogP) is 1.68. The minimum absolute atomic E-state index is 0.508. The molecule has 0 aromatic carbocycles. The molecule has 1 aromatic rings. The monoisotopic (exact) mass is 196 g/mol. The van der Waals surface area contributed by atoms with Gasteiger partial charge in [0.2, 0.25) is 0 Å². The first kappa shape index (κ1) is 9.19. The highest BCUT2D eigenvalue weighted by Gasteiger charge is 2.23. The Bertz CT molecular complexity index is 282. The van der Waals surface area contributed by atoms with Crippen LogP contribution < -0.4 is 10.6 Å².